The predicted octanol–water partition coefficient (Wildman–Crippen LogP) is 2.23. The van der Waals surface area contributed by atoms with Gasteiger partial charge in [-0.3, -0.25) is 4.90 Å². The summed E-state index contributed by atoms with van der Waals surface area (Å²) in [6.45, 7) is 10.1. The van der Waals surface area contributed by atoms with E-state index in [0.29, 0.717) is 5.92 Å². The summed E-state index contributed by atoms with van der Waals surface area (Å²) in [6, 6.07) is 4.07. The van der Waals surface area contributed by atoms with Crippen molar-refractivity contribution in [2.45, 2.75) is 39.2 Å². The van der Waals surface area contributed by atoms with Crippen molar-refractivity contribution in [3.8, 4) is 0 Å². The first-order valence-electron chi connectivity index (χ1n) is 8.24. The standard InChI is InChI=1S/C17H27N3O/c1-13(2)16-9-15(12-21)10-17(18-16)20-7-5-19(6-8-20)11-14-3-4-14/h9-10,13-14,21H,3-8,11-12H2,1-2H3. The molecule has 0 atom stereocenters. The van der Waals surface area contributed by atoms with Crippen LogP contribution in [0.5, 0.6) is 0 Å². The highest BCUT2D eigenvalue weighted by Gasteiger charge is 2.26. The van der Waals surface area contributed by atoms with Gasteiger partial charge in [0.15, 0.2) is 0 Å². The molecule has 1 aromatic heterocycles. The van der Waals surface area contributed by atoms with Gasteiger partial charge < -0.3 is 10.0 Å². The van der Waals surface area contributed by atoms with Crippen molar-refractivity contribution in [1.29, 1.82) is 0 Å². The van der Waals surface area contributed by atoms with Crippen molar-refractivity contribution in [1.82, 2.24) is 9.88 Å². The van der Waals surface area contributed by atoms with Crippen LogP contribution in [0.1, 0.15) is 43.9 Å². The molecule has 1 saturated carbocycles. The third-order valence-electron chi connectivity index (χ3n) is 4.58. The number of piperazine rings is 1. The zero-order valence-electron chi connectivity index (χ0n) is 13.3. The van der Waals surface area contributed by atoms with Crippen molar-refractivity contribution in [2.75, 3.05) is 37.6 Å². The van der Waals surface area contributed by atoms with Crippen LogP contribution < -0.4 is 4.90 Å². The average Bonchev–Trinajstić information content (AvgIpc) is 3.31. The fourth-order valence-corrected chi connectivity index (χ4v) is 2.97. The van der Waals surface area contributed by atoms with Gasteiger partial charge >= 0.3 is 0 Å². The molecule has 0 aromatic carbocycles. The molecule has 0 unspecified atom stereocenters. The number of nitrogens with zero attached hydrogens (tertiary/aromatic N) is 3. The normalized spacial score (nSPS) is 20.3. The fraction of sp³-hybridized carbons (Fsp3) is 0.706. The van der Waals surface area contributed by atoms with E-state index in [1.165, 1.54) is 19.4 Å². The number of pyridine rings is 1. The Kier molecular flexibility index (Phi) is 4.45. The van der Waals surface area contributed by atoms with Gasteiger partial charge in [0.05, 0.1) is 6.61 Å². The van der Waals surface area contributed by atoms with Gasteiger partial charge in [0, 0.05) is 38.4 Å². The summed E-state index contributed by atoms with van der Waals surface area (Å²) < 4.78 is 0. The van der Waals surface area contributed by atoms with Crippen LogP contribution in [-0.4, -0.2) is 47.7 Å². The zero-order valence-corrected chi connectivity index (χ0v) is 13.3. The first-order chi connectivity index (χ1) is 10.2. The third-order valence-corrected chi connectivity index (χ3v) is 4.58. The van der Waals surface area contributed by atoms with Crippen molar-refractivity contribution < 1.29 is 5.11 Å². The van der Waals surface area contributed by atoms with E-state index < -0.39 is 0 Å². The van der Waals surface area contributed by atoms with Gasteiger partial charge in [-0.25, -0.2) is 4.98 Å². The molecule has 0 spiro atoms. The molecule has 4 nitrogen and oxygen atoms in total. The average molecular weight is 289 g/mol. The molecule has 1 N–H and O–H groups in total. The van der Waals surface area contributed by atoms with Crippen molar-refractivity contribution in [2.24, 2.45) is 5.92 Å². The molecule has 1 aliphatic heterocycles. The zero-order chi connectivity index (χ0) is 14.8. The number of rotatable bonds is 5. The summed E-state index contributed by atoms with van der Waals surface area (Å²) in [5, 5.41) is 9.46. The summed E-state index contributed by atoms with van der Waals surface area (Å²) in [5.74, 6) is 2.41. The molecule has 0 radical (unpaired) electrons. The van der Waals surface area contributed by atoms with E-state index in [1.54, 1.807) is 0 Å². The molecular weight excluding hydrogens is 262 g/mol. The van der Waals surface area contributed by atoms with Gasteiger partial charge in [-0.2, -0.15) is 0 Å². The number of aromatic nitrogens is 1. The van der Waals surface area contributed by atoms with E-state index in [9.17, 15) is 5.11 Å². The molecule has 1 aliphatic carbocycles. The maximum atomic E-state index is 9.46. The Labute approximate surface area is 127 Å². The molecule has 21 heavy (non-hydrogen) atoms. The molecule has 4 heteroatoms. The summed E-state index contributed by atoms with van der Waals surface area (Å²) in [7, 11) is 0. The third kappa shape index (κ3) is 3.74. The van der Waals surface area contributed by atoms with Gasteiger partial charge in [0.1, 0.15) is 5.82 Å². The number of hydrogen-bond donors (Lipinski definition) is 1. The van der Waals surface area contributed by atoms with Crippen LogP contribution in [0.2, 0.25) is 0 Å². The van der Waals surface area contributed by atoms with Gasteiger partial charge in [-0.05, 0) is 42.4 Å². The van der Waals surface area contributed by atoms with Gasteiger partial charge in [-0.1, -0.05) is 13.8 Å². The second kappa shape index (κ2) is 6.32. The predicted molar refractivity (Wildman–Crippen MR) is 85.6 cm³/mol. The maximum absolute atomic E-state index is 9.46. The van der Waals surface area contributed by atoms with E-state index in [0.717, 1.165) is 49.2 Å². The largest absolute Gasteiger partial charge is 0.392 e. The van der Waals surface area contributed by atoms with E-state index in [4.69, 9.17) is 4.98 Å². The monoisotopic (exact) mass is 289 g/mol. The van der Waals surface area contributed by atoms with Crippen LogP contribution in [0.4, 0.5) is 5.82 Å². The Bertz CT molecular complexity index is 477. The number of hydrogen-bond acceptors (Lipinski definition) is 4. The maximum Gasteiger partial charge on any atom is 0.129 e. The van der Waals surface area contributed by atoms with Gasteiger partial charge in [0.25, 0.3) is 0 Å². The molecule has 1 saturated heterocycles. The minimum Gasteiger partial charge on any atom is -0.392 e. The molecule has 2 heterocycles. The van der Waals surface area contributed by atoms with E-state index in [2.05, 4.69) is 23.6 Å². The topological polar surface area (TPSA) is 39.6 Å². The smallest absolute Gasteiger partial charge is 0.129 e. The second-order valence-corrected chi connectivity index (χ2v) is 6.80. The molecule has 3 rings (SSSR count). The Balaban J connectivity index is 1.67. The van der Waals surface area contributed by atoms with Crippen LogP contribution in [0.15, 0.2) is 12.1 Å². The van der Waals surface area contributed by atoms with Crippen LogP contribution in [-0.2, 0) is 6.61 Å². The summed E-state index contributed by atoms with van der Waals surface area (Å²) >= 11 is 0. The minimum absolute atomic E-state index is 0.0941. The highest BCUT2D eigenvalue weighted by molar-refractivity contribution is 5.43. The number of aliphatic hydroxyl groups is 1. The quantitative estimate of drug-likeness (QED) is 0.902. The lowest BCUT2D eigenvalue weighted by Crippen LogP contribution is -2.47. The summed E-state index contributed by atoms with van der Waals surface area (Å²) in [4.78, 5) is 9.76. The number of aliphatic hydroxyl groups excluding tert-OH is 1. The van der Waals surface area contributed by atoms with E-state index in [1.807, 2.05) is 12.1 Å². The van der Waals surface area contributed by atoms with Gasteiger partial charge in [0.2, 0.25) is 0 Å². The van der Waals surface area contributed by atoms with E-state index >= 15 is 0 Å². The van der Waals surface area contributed by atoms with E-state index in [-0.39, 0.29) is 6.61 Å². The Hall–Kier alpha value is -1.13. The molecule has 116 valence electrons. The fourth-order valence-electron chi connectivity index (χ4n) is 2.97. The lowest BCUT2D eigenvalue weighted by Gasteiger charge is -2.35. The minimum atomic E-state index is 0.0941. The number of anilines is 1. The van der Waals surface area contributed by atoms with Crippen LogP contribution in [0, 0.1) is 5.92 Å². The lowest BCUT2D eigenvalue weighted by molar-refractivity contribution is 0.247. The van der Waals surface area contributed by atoms with Crippen molar-refractivity contribution in [3.63, 3.8) is 0 Å². The van der Waals surface area contributed by atoms with Crippen LogP contribution in [0.3, 0.4) is 0 Å². The molecular formula is C17H27N3O. The highest BCUT2D eigenvalue weighted by atomic mass is 16.3. The molecule has 1 aromatic rings. The summed E-state index contributed by atoms with van der Waals surface area (Å²) in [5.41, 5.74) is 2.06. The summed E-state index contributed by atoms with van der Waals surface area (Å²) in [6.07, 6.45) is 2.86. The second-order valence-electron chi connectivity index (χ2n) is 6.80. The lowest BCUT2D eigenvalue weighted by atomic mass is 10.1. The highest BCUT2D eigenvalue weighted by Crippen LogP contribution is 2.30. The molecule has 2 fully saturated rings. The molecule has 0 bridgehead atoms. The van der Waals surface area contributed by atoms with Crippen LogP contribution in [0.25, 0.3) is 0 Å². The molecule has 0 amide bonds. The Morgan fingerprint density at radius 3 is 2.48 bits per heavy atom. The van der Waals surface area contributed by atoms with Gasteiger partial charge in [-0.15, -0.1) is 0 Å². The SMILES string of the molecule is CC(C)c1cc(CO)cc(N2CCN(CC3CC3)CC2)n1. The first-order valence-corrected chi connectivity index (χ1v) is 8.24. The van der Waals surface area contributed by atoms with Crippen molar-refractivity contribution >= 4 is 5.82 Å². The Morgan fingerprint density at radius 1 is 1.19 bits per heavy atom. The molecule has 2 aliphatic rings. The Morgan fingerprint density at radius 2 is 1.90 bits per heavy atom. The van der Waals surface area contributed by atoms with Crippen LogP contribution >= 0.6 is 0 Å². The van der Waals surface area contributed by atoms with Crippen molar-refractivity contribution in [3.05, 3.63) is 23.4 Å². The first kappa shape index (κ1) is 14.8.